The Morgan fingerprint density at radius 3 is 2.65 bits per heavy atom. The Labute approximate surface area is 181 Å². The number of rotatable bonds is 3. The molecule has 2 aromatic rings. The van der Waals surface area contributed by atoms with Crippen LogP contribution in [0.15, 0.2) is 30.3 Å². The molecular weight excluding hydrogens is 394 g/mol. The predicted molar refractivity (Wildman–Crippen MR) is 118 cm³/mol. The van der Waals surface area contributed by atoms with E-state index in [-0.39, 0.29) is 23.9 Å². The number of nitrogens with one attached hydrogen (secondary N) is 1. The first-order valence-corrected chi connectivity index (χ1v) is 10.8. The Bertz CT molecular complexity index is 1070. The van der Waals surface area contributed by atoms with Gasteiger partial charge in [0.05, 0.1) is 31.6 Å². The normalized spacial score (nSPS) is 21.7. The molecule has 2 aromatic carbocycles. The molecule has 2 atom stereocenters. The second-order valence-electron chi connectivity index (χ2n) is 8.40. The molecule has 5 rings (SSSR count). The maximum Gasteiger partial charge on any atom is 0.254 e. The van der Waals surface area contributed by atoms with Gasteiger partial charge in [-0.05, 0) is 67.6 Å². The number of nitrogens with zero attached hydrogens (tertiary/aromatic N) is 2. The molecule has 0 bridgehead atoms. The monoisotopic (exact) mass is 421 g/mol. The highest BCUT2D eigenvalue weighted by molar-refractivity contribution is 6.06. The van der Waals surface area contributed by atoms with E-state index >= 15 is 0 Å². The molecule has 0 aromatic heterocycles. The fraction of sp³-hybridized carbons (Fsp3) is 0.417. The van der Waals surface area contributed by atoms with E-state index in [1.165, 1.54) is 5.56 Å². The Hall–Kier alpha value is -3.22. The minimum atomic E-state index is -0.0929. The average molecular weight is 421 g/mol. The van der Waals surface area contributed by atoms with E-state index in [1.54, 1.807) is 14.2 Å². The largest absolute Gasteiger partial charge is 0.493 e. The first kappa shape index (κ1) is 19.7. The second-order valence-corrected chi connectivity index (χ2v) is 8.40. The molecule has 2 amide bonds. The van der Waals surface area contributed by atoms with Crippen LogP contribution in [0.5, 0.6) is 11.5 Å². The highest BCUT2D eigenvalue weighted by Crippen LogP contribution is 2.40. The van der Waals surface area contributed by atoms with Gasteiger partial charge in [0.2, 0.25) is 5.91 Å². The van der Waals surface area contributed by atoms with Crippen LogP contribution >= 0.6 is 0 Å². The zero-order chi connectivity index (χ0) is 21.7. The molecule has 1 N–H and O–H groups in total. The Morgan fingerprint density at radius 2 is 1.87 bits per heavy atom. The second kappa shape index (κ2) is 7.48. The number of hydrogen-bond donors (Lipinski definition) is 1. The van der Waals surface area contributed by atoms with Crippen LogP contribution in [0.3, 0.4) is 0 Å². The van der Waals surface area contributed by atoms with Crippen LogP contribution < -0.4 is 19.7 Å². The van der Waals surface area contributed by atoms with Crippen LogP contribution in [0.25, 0.3) is 0 Å². The van der Waals surface area contributed by atoms with Crippen LogP contribution in [-0.2, 0) is 11.2 Å². The van der Waals surface area contributed by atoms with E-state index in [2.05, 4.69) is 10.2 Å². The smallest absolute Gasteiger partial charge is 0.254 e. The van der Waals surface area contributed by atoms with Gasteiger partial charge in [0.1, 0.15) is 6.04 Å². The molecule has 1 fully saturated rings. The van der Waals surface area contributed by atoms with Crippen LogP contribution in [0.1, 0.15) is 47.3 Å². The lowest BCUT2D eigenvalue weighted by Gasteiger charge is -2.36. The van der Waals surface area contributed by atoms with Crippen molar-refractivity contribution >= 4 is 23.2 Å². The van der Waals surface area contributed by atoms with E-state index in [4.69, 9.17) is 9.47 Å². The summed E-state index contributed by atoms with van der Waals surface area (Å²) in [4.78, 5) is 29.9. The summed E-state index contributed by atoms with van der Waals surface area (Å²) in [5.41, 5.74) is 4.57. The highest BCUT2D eigenvalue weighted by atomic mass is 16.5. The lowest BCUT2D eigenvalue weighted by Crippen LogP contribution is -2.44. The van der Waals surface area contributed by atoms with E-state index < -0.39 is 0 Å². The van der Waals surface area contributed by atoms with Crippen molar-refractivity contribution in [2.24, 2.45) is 0 Å². The van der Waals surface area contributed by atoms with Gasteiger partial charge in [0.25, 0.3) is 5.91 Å². The molecule has 0 radical (unpaired) electrons. The summed E-state index contributed by atoms with van der Waals surface area (Å²) in [7, 11) is 3.25. The zero-order valence-electron chi connectivity index (χ0n) is 18.1. The maximum atomic E-state index is 13.4. The van der Waals surface area contributed by atoms with Crippen molar-refractivity contribution in [2.45, 2.75) is 38.3 Å². The Kier molecular flexibility index (Phi) is 4.76. The first-order valence-electron chi connectivity index (χ1n) is 10.8. The van der Waals surface area contributed by atoms with E-state index in [9.17, 15) is 9.59 Å². The molecule has 7 heteroatoms. The molecule has 1 saturated heterocycles. The maximum absolute atomic E-state index is 13.4. The predicted octanol–water partition coefficient (Wildman–Crippen LogP) is 3.38. The van der Waals surface area contributed by atoms with Crippen LogP contribution in [0.2, 0.25) is 0 Å². The van der Waals surface area contributed by atoms with Crippen molar-refractivity contribution in [3.8, 4) is 11.5 Å². The summed E-state index contributed by atoms with van der Waals surface area (Å²) >= 11 is 0. The standard InChI is InChI=1S/C24H27N3O4/c1-14-17-13-22(31-3)21(30-2)12-15(17)8-10-26(14)24(29)16-6-7-19-18(11-16)25-23(28)20-5-4-9-27(19)20/h6-7,11-14,20H,4-5,8-10H2,1-3H3,(H,25,28). The van der Waals surface area contributed by atoms with Gasteiger partial charge >= 0.3 is 0 Å². The quantitative estimate of drug-likeness (QED) is 0.823. The number of anilines is 2. The van der Waals surface area contributed by atoms with Crippen molar-refractivity contribution in [2.75, 3.05) is 37.5 Å². The number of benzene rings is 2. The molecule has 162 valence electrons. The summed E-state index contributed by atoms with van der Waals surface area (Å²) in [5, 5.41) is 3.00. The van der Waals surface area contributed by atoms with Gasteiger partial charge in [-0.15, -0.1) is 0 Å². The van der Waals surface area contributed by atoms with Crippen LogP contribution in [0, 0.1) is 0 Å². The highest BCUT2D eigenvalue weighted by Gasteiger charge is 2.37. The third-order valence-corrected chi connectivity index (χ3v) is 6.81. The molecule has 3 aliphatic rings. The summed E-state index contributed by atoms with van der Waals surface area (Å²) < 4.78 is 10.9. The summed E-state index contributed by atoms with van der Waals surface area (Å²) in [5.74, 6) is 1.36. The van der Waals surface area contributed by atoms with Gasteiger partial charge in [-0.1, -0.05) is 0 Å². The first-order chi connectivity index (χ1) is 15.0. The molecular formula is C24H27N3O4. The molecule has 0 spiro atoms. The summed E-state index contributed by atoms with van der Waals surface area (Å²) in [6.45, 7) is 3.54. The third-order valence-electron chi connectivity index (χ3n) is 6.81. The van der Waals surface area contributed by atoms with Crippen molar-refractivity contribution < 1.29 is 19.1 Å². The molecule has 0 aliphatic carbocycles. The molecule has 2 unspecified atom stereocenters. The molecule has 0 saturated carbocycles. The van der Waals surface area contributed by atoms with Gasteiger partial charge in [-0.2, -0.15) is 0 Å². The SMILES string of the molecule is COc1cc2c(cc1OC)C(C)N(C(=O)c1ccc3c(c1)NC(=O)C1CCCN31)CC2. The number of amides is 2. The van der Waals surface area contributed by atoms with Gasteiger partial charge in [0, 0.05) is 18.7 Å². The number of methoxy groups -OCH3 is 2. The van der Waals surface area contributed by atoms with Crippen LogP contribution in [-0.4, -0.2) is 50.1 Å². The minimum Gasteiger partial charge on any atom is -0.493 e. The van der Waals surface area contributed by atoms with Gasteiger partial charge in [0.15, 0.2) is 11.5 Å². The summed E-state index contributed by atoms with van der Waals surface area (Å²) in [6.07, 6.45) is 2.64. The van der Waals surface area contributed by atoms with Crippen LogP contribution in [0.4, 0.5) is 11.4 Å². The Morgan fingerprint density at radius 1 is 1.10 bits per heavy atom. The van der Waals surface area contributed by atoms with E-state index in [0.29, 0.717) is 23.6 Å². The molecule has 31 heavy (non-hydrogen) atoms. The van der Waals surface area contributed by atoms with Crippen molar-refractivity contribution in [1.29, 1.82) is 0 Å². The van der Waals surface area contributed by atoms with Gasteiger partial charge < -0.3 is 24.6 Å². The van der Waals surface area contributed by atoms with Crippen molar-refractivity contribution in [3.63, 3.8) is 0 Å². The van der Waals surface area contributed by atoms with Crippen molar-refractivity contribution in [1.82, 2.24) is 4.90 Å². The third kappa shape index (κ3) is 3.10. The lowest BCUT2D eigenvalue weighted by molar-refractivity contribution is -0.117. The van der Waals surface area contributed by atoms with E-state index in [0.717, 1.165) is 42.7 Å². The average Bonchev–Trinajstić information content (AvgIpc) is 3.29. The number of ether oxygens (including phenoxy) is 2. The van der Waals surface area contributed by atoms with Crippen molar-refractivity contribution in [3.05, 3.63) is 47.0 Å². The Balaban J connectivity index is 1.44. The topological polar surface area (TPSA) is 71.1 Å². The van der Waals surface area contributed by atoms with E-state index in [1.807, 2.05) is 42.2 Å². The fourth-order valence-corrected chi connectivity index (χ4v) is 5.15. The number of hydrogen-bond acceptors (Lipinski definition) is 5. The van der Waals surface area contributed by atoms with Gasteiger partial charge in [-0.3, -0.25) is 9.59 Å². The summed E-state index contributed by atoms with van der Waals surface area (Å²) in [6, 6.07) is 9.47. The minimum absolute atomic E-state index is 0.0240. The molecule has 7 nitrogen and oxygen atoms in total. The lowest BCUT2D eigenvalue weighted by atomic mass is 9.92. The zero-order valence-corrected chi connectivity index (χ0v) is 18.1. The molecule has 3 aliphatic heterocycles. The molecule has 3 heterocycles. The number of carbonyl (C=O) groups is 2. The fourth-order valence-electron chi connectivity index (χ4n) is 5.15. The number of carbonyl (C=O) groups excluding carboxylic acids is 2. The van der Waals surface area contributed by atoms with Gasteiger partial charge in [-0.25, -0.2) is 0 Å². The number of fused-ring (bicyclic) bond motifs is 4.